The van der Waals surface area contributed by atoms with E-state index < -0.39 is 10.4 Å². The molecule has 0 aromatic carbocycles. The van der Waals surface area contributed by atoms with E-state index in [1.807, 2.05) is 0 Å². The Morgan fingerprint density at radius 2 is 2.08 bits per heavy atom. The predicted molar refractivity (Wildman–Crippen MR) is 45.7 cm³/mol. The summed E-state index contributed by atoms with van der Waals surface area (Å²) in [6, 6.07) is 0. The molecule has 0 rings (SSSR count). The van der Waals surface area contributed by atoms with Crippen molar-refractivity contribution in [2.45, 2.75) is 13.8 Å². The summed E-state index contributed by atoms with van der Waals surface area (Å²) in [5.41, 5.74) is 0. The van der Waals surface area contributed by atoms with Gasteiger partial charge in [0.05, 0.1) is 0 Å². The van der Waals surface area contributed by atoms with E-state index in [1.54, 1.807) is 6.92 Å². The van der Waals surface area contributed by atoms with Crippen molar-refractivity contribution in [2.24, 2.45) is 4.99 Å². The molecule has 0 aliphatic rings. The molecule has 0 N–H and O–H groups in total. The lowest BCUT2D eigenvalue weighted by atomic mass is 10.6. The normalized spacial score (nSPS) is 13.8. The Morgan fingerprint density at radius 1 is 1.58 bits per heavy atom. The molecule has 70 valence electrons. The van der Waals surface area contributed by atoms with Gasteiger partial charge in [0.25, 0.3) is 0 Å². The number of halogens is 1. The van der Waals surface area contributed by atoms with Gasteiger partial charge in [0.15, 0.2) is 0 Å². The van der Waals surface area contributed by atoms with E-state index >= 15 is 0 Å². The molecule has 0 atom stereocenters. The molecular weight excluding hydrogens is 183 g/mol. The number of amidine groups is 1. The summed E-state index contributed by atoms with van der Waals surface area (Å²) in [4.78, 5) is 3.55. The van der Waals surface area contributed by atoms with Gasteiger partial charge in [0.1, 0.15) is 5.84 Å². The second-order valence-electron chi connectivity index (χ2n) is 1.99. The van der Waals surface area contributed by atoms with Gasteiger partial charge in [-0.15, -0.1) is 0 Å². The van der Waals surface area contributed by atoms with Crippen LogP contribution in [-0.2, 0) is 10.4 Å². The quantitative estimate of drug-likeness (QED) is 0.375. The van der Waals surface area contributed by atoms with Crippen LogP contribution in [0.25, 0.3) is 0 Å². The standard InChI is InChI=1S/C6H11FN2O2S/c1-4-5-9(6(2)8-3)12(7,10)11/h4-5H,1-3H3/b5-4-,8-6?. The second kappa shape index (κ2) is 4.20. The second-order valence-corrected chi connectivity index (χ2v) is 3.21. The van der Waals surface area contributed by atoms with Gasteiger partial charge in [-0.05, 0) is 13.8 Å². The molecule has 0 heterocycles. The number of allylic oxidation sites excluding steroid dienone is 1. The van der Waals surface area contributed by atoms with Crippen molar-refractivity contribution in [2.75, 3.05) is 7.05 Å². The Morgan fingerprint density at radius 3 is 2.33 bits per heavy atom. The number of hydrogen-bond acceptors (Lipinski definition) is 3. The molecule has 0 saturated carbocycles. The molecule has 0 bridgehead atoms. The van der Waals surface area contributed by atoms with E-state index in [4.69, 9.17) is 0 Å². The zero-order valence-corrected chi connectivity index (χ0v) is 7.97. The molecule has 4 nitrogen and oxygen atoms in total. The summed E-state index contributed by atoms with van der Waals surface area (Å²) >= 11 is 0. The summed E-state index contributed by atoms with van der Waals surface area (Å²) in [6.07, 6.45) is 2.50. The van der Waals surface area contributed by atoms with E-state index in [-0.39, 0.29) is 5.84 Å². The molecule has 0 saturated heterocycles. The van der Waals surface area contributed by atoms with E-state index in [9.17, 15) is 12.3 Å². The summed E-state index contributed by atoms with van der Waals surface area (Å²) in [6.45, 7) is 2.98. The van der Waals surface area contributed by atoms with E-state index in [0.29, 0.717) is 4.31 Å². The monoisotopic (exact) mass is 194 g/mol. The number of aliphatic imine (C=N–C) groups is 1. The average molecular weight is 194 g/mol. The Bertz CT molecular complexity index is 295. The van der Waals surface area contributed by atoms with Gasteiger partial charge in [-0.1, -0.05) is 9.96 Å². The fourth-order valence-electron chi connectivity index (χ4n) is 0.572. The Labute approximate surface area is 71.8 Å². The highest BCUT2D eigenvalue weighted by atomic mass is 32.3. The molecule has 0 aromatic rings. The lowest BCUT2D eigenvalue weighted by Gasteiger charge is -2.12. The third-order valence-corrected chi connectivity index (χ3v) is 2.02. The minimum absolute atomic E-state index is 0.0793. The molecule has 0 aromatic heterocycles. The van der Waals surface area contributed by atoms with Crippen LogP contribution in [0, 0.1) is 0 Å². The van der Waals surface area contributed by atoms with E-state index in [1.165, 1.54) is 20.0 Å². The first-order valence-corrected chi connectivity index (χ1v) is 4.57. The highest BCUT2D eigenvalue weighted by Crippen LogP contribution is 2.04. The van der Waals surface area contributed by atoms with E-state index in [0.717, 1.165) is 6.20 Å². The maximum atomic E-state index is 12.4. The summed E-state index contributed by atoms with van der Waals surface area (Å²) in [7, 11) is -3.34. The highest BCUT2D eigenvalue weighted by molar-refractivity contribution is 7.84. The molecule has 0 radical (unpaired) electrons. The van der Waals surface area contributed by atoms with Crippen LogP contribution in [0.5, 0.6) is 0 Å². The molecule has 0 fully saturated rings. The summed E-state index contributed by atoms with van der Waals surface area (Å²) < 4.78 is 33.8. The molecule has 6 heteroatoms. The van der Waals surface area contributed by atoms with Gasteiger partial charge in [0.2, 0.25) is 0 Å². The van der Waals surface area contributed by atoms with Gasteiger partial charge in [-0.2, -0.15) is 8.42 Å². The minimum atomic E-state index is -4.72. The average Bonchev–Trinajstić information content (AvgIpc) is 1.96. The number of hydrogen-bond donors (Lipinski definition) is 0. The van der Waals surface area contributed by atoms with E-state index in [2.05, 4.69) is 4.99 Å². The van der Waals surface area contributed by atoms with Gasteiger partial charge in [-0.3, -0.25) is 4.99 Å². The maximum absolute atomic E-state index is 12.4. The molecule has 0 unspecified atom stereocenters. The first-order valence-electron chi connectivity index (χ1n) is 3.23. The van der Waals surface area contributed by atoms with Crippen molar-refractivity contribution >= 4 is 16.2 Å². The summed E-state index contributed by atoms with van der Waals surface area (Å²) in [5.74, 6) is 0.0793. The zero-order valence-electron chi connectivity index (χ0n) is 7.15. The lowest BCUT2D eigenvalue weighted by molar-refractivity contribution is 0.513. The van der Waals surface area contributed by atoms with Crippen LogP contribution in [0.3, 0.4) is 0 Å². The maximum Gasteiger partial charge on any atom is 0.404 e. The number of nitrogens with zero attached hydrogens (tertiary/aromatic N) is 2. The van der Waals surface area contributed by atoms with Crippen molar-refractivity contribution < 1.29 is 12.3 Å². The van der Waals surface area contributed by atoms with Crippen LogP contribution in [0.2, 0.25) is 0 Å². The lowest BCUT2D eigenvalue weighted by Crippen LogP contribution is -2.26. The fraction of sp³-hybridized carbons (Fsp3) is 0.500. The topological polar surface area (TPSA) is 49.7 Å². The first kappa shape index (κ1) is 11.1. The van der Waals surface area contributed by atoms with Crippen molar-refractivity contribution in [3.63, 3.8) is 0 Å². The van der Waals surface area contributed by atoms with Crippen molar-refractivity contribution in [1.29, 1.82) is 0 Å². The molecular formula is C6H11FN2O2S. The Balaban J connectivity index is 4.95. The van der Waals surface area contributed by atoms with Crippen LogP contribution < -0.4 is 0 Å². The Hall–Kier alpha value is -0.910. The van der Waals surface area contributed by atoms with Gasteiger partial charge in [0, 0.05) is 13.2 Å². The largest absolute Gasteiger partial charge is 0.404 e. The molecule has 0 spiro atoms. The van der Waals surface area contributed by atoms with Crippen LogP contribution >= 0.6 is 0 Å². The minimum Gasteiger partial charge on any atom is -0.275 e. The van der Waals surface area contributed by atoms with Gasteiger partial charge < -0.3 is 0 Å². The van der Waals surface area contributed by atoms with Crippen LogP contribution in [-0.4, -0.2) is 25.6 Å². The molecule has 0 amide bonds. The highest BCUT2D eigenvalue weighted by Gasteiger charge is 2.18. The van der Waals surface area contributed by atoms with Crippen molar-refractivity contribution in [3.05, 3.63) is 12.3 Å². The summed E-state index contributed by atoms with van der Waals surface area (Å²) in [5, 5.41) is 0. The van der Waals surface area contributed by atoms with Crippen molar-refractivity contribution in [3.8, 4) is 0 Å². The SMILES string of the molecule is C/C=C\N(C(C)=NC)S(=O)(=O)F. The Kier molecular flexibility index (Phi) is 3.88. The molecule has 0 aliphatic carbocycles. The van der Waals surface area contributed by atoms with Crippen LogP contribution in [0.4, 0.5) is 3.89 Å². The molecule has 12 heavy (non-hydrogen) atoms. The number of rotatable bonds is 2. The third-order valence-electron chi connectivity index (χ3n) is 1.16. The third kappa shape index (κ3) is 3.00. The van der Waals surface area contributed by atoms with Crippen molar-refractivity contribution in [1.82, 2.24) is 4.31 Å². The van der Waals surface area contributed by atoms with Crippen LogP contribution in [0.15, 0.2) is 17.3 Å². The predicted octanol–water partition coefficient (Wildman–Crippen LogP) is 1.08. The van der Waals surface area contributed by atoms with Gasteiger partial charge in [-0.25, -0.2) is 4.31 Å². The van der Waals surface area contributed by atoms with Gasteiger partial charge >= 0.3 is 10.4 Å². The zero-order chi connectivity index (χ0) is 9.78. The molecule has 0 aliphatic heterocycles. The smallest absolute Gasteiger partial charge is 0.275 e. The fourth-order valence-corrected chi connectivity index (χ4v) is 1.24. The van der Waals surface area contributed by atoms with Crippen LogP contribution in [0.1, 0.15) is 13.8 Å². The first-order chi connectivity index (χ1) is 5.43.